The van der Waals surface area contributed by atoms with E-state index in [9.17, 15) is 27.6 Å². The molecule has 0 bridgehead atoms. The zero-order chi connectivity index (χ0) is 36.8. The van der Waals surface area contributed by atoms with Gasteiger partial charge in [-0.05, 0) is 70.9 Å². The van der Waals surface area contributed by atoms with E-state index in [1.165, 1.54) is 11.1 Å². The highest BCUT2D eigenvalue weighted by Crippen LogP contribution is 2.51. The third kappa shape index (κ3) is 8.67. The second kappa shape index (κ2) is 13.8. The van der Waals surface area contributed by atoms with Crippen LogP contribution in [0.15, 0.2) is 30.5 Å². The van der Waals surface area contributed by atoms with Crippen molar-refractivity contribution in [1.29, 1.82) is 0 Å². The molecule has 4 fully saturated rings. The summed E-state index contributed by atoms with van der Waals surface area (Å²) in [5.74, 6) is -6.64. The predicted molar refractivity (Wildman–Crippen MR) is 179 cm³/mol. The Kier molecular flexibility index (Phi) is 9.89. The molecule has 1 aromatic carbocycles. The number of nitrogens with zero attached hydrogens (tertiary/aromatic N) is 3. The molecule has 17 heteroatoms. The molecular weight excluding hydrogens is 690 g/mol. The zero-order valence-electron chi connectivity index (χ0n) is 28.8. The zero-order valence-corrected chi connectivity index (χ0v) is 29.6. The highest BCUT2D eigenvalue weighted by molar-refractivity contribution is 7.91. The van der Waals surface area contributed by atoms with Crippen LogP contribution in [0.2, 0.25) is 0 Å². The standard InChI is InChI=1S/C34H44F2N6O8S/c1-32(2,3)50-31(46)39-25-11-5-4-8-14-33(35,36)16-20-17-34(20,30(45)41-51(47,48)22-12-13-22)40-28(43)26-15-21(19-42(26)29(25)44)49-27-18-37-23-9-6-7-10-24(23)38-27/h6-7,9-10,18,20-22,25-26H,4-5,8,11-17,19H2,1-3H3,(H,39,46)(H,40,43)(H,41,45). The summed E-state index contributed by atoms with van der Waals surface area (Å²) in [5.41, 5.74) is -1.61. The van der Waals surface area contributed by atoms with Gasteiger partial charge in [0.05, 0.1) is 29.0 Å². The fourth-order valence-corrected chi connectivity index (χ4v) is 8.23. The van der Waals surface area contributed by atoms with Crippen molar-refractivity contribution in [3.05, 3.63) is 30.5 Å². The molecule has 3 N–H and O–H groups in total. The van der Waals surface area contributed by atoms with Crippen LogP contribution >= 0.6 is 0 Å². The van der Waals surface area contributed by atoms with Crippen molar-refractivity contribution < 1.29 is 45.9 Å². The molecule has 5 atom stereocenters. The van der Waals surface area contributed by atoms with E-state index in [1.54, 1.807) is 39.0 Å². The molecule has 1 aromatic heterocycles. The summed E-state index contributed by atoms with van der Waals surface area (Å²) in [6, 6.07) is 4.69. The number of rotatable bonds is 6. The first-order chi connectivity index (χ1) is 23.9. The van der Waals surface area contributed by atoms with Gasteiger partial charge in [0.1, 0.15) is 29.3 Å². The van der Waals surface area contributed by atoms with Crippen LogP contribution in [-0.2, 0) is 29.1 Å². The highest BCUT2D eigenvalue weighted by atomic mass is 32.2. The number of fused-ring (bicyclic) bond motifs is 3. The van der Waals surface area contributed by atoms with Gasteiger partial charge in [-0.1, -0.05) is 25.0 Å². The Hall–Kier alpha value is -4.15. The summed E-state index contributed by atoms with van der Waals surface area (Å²) in [6.45, 7) is 4.87. The number of ether oxygens (including phenoxy) is 2. The van der Waals surface area contributed by atoms with Crippen molar-refractivity contribution in [3.63, 3.8) is 0 Å². The molecule has 0 radical (unpaired) electrons. The van der Waals surface area contributed by atoms with Crippen molar-refractivity contribution in [1.82, 2.24) is 30.2 Å². The van der Waals surface area contributed by atoms with E-state index in [1.807, 2.05) is 10.8 Å². The van der Waals surface area contributed by atoms with Gasteiger partial charge in [0.25, 0.3) is 5.91 Å². The van der Waals surface area contributed by atoms with Crippen LogP contribution in [-0.4, -0.2) is 94.1 Å². The summed E-state index contributed by atoms with van der Waals surface area (Å²) in [6.07, 6.45) is -0.193. The van der Waals surface area contributed by atoms with Gasteiger partial charge in [0, 0.05) is 19.3 Å². The lowest BCUT2D eigenvalue weighted by molar-refractivity contribution is -0.141. The lowest BCUT2D eigenvalue weighted by atomic mass is 10.00. The van der Waals surface area contributed by atoms with Gasteiger partial charge >= 0.3 is 6.09 Å². The molecule has 2 saturated carbocycles. The number of para-hydroxylation sites is 2. The van der Waals surface area contributed by atoms with Crippen LogP contribution in [0.25, 0.3) is 11.0 Å². The average molecular weight is 735 g/mol. The quantitative estimate of drug-likeness (QED) is 0.398. The van der Waals surface area contributed by atoms with E-state index in [0.717, 1.165) is 0 Å². The molecule has 2 aromatic rings. The summed E-state index contributed by atoms with van der Waals surface area (Å²) in [4.78, 5) is 65.0. The number of alkyl halides is 2. The maximum absolute atomic E-state index is 15.3. The molecule has 4 aliphatic rings. The topological polar surface area (TPSA) is 186 Å². The summed E-state index contributed by atoms with van der Waals surface area (Å²) >= 11 is 0. The third-order valence-corrected chi connectivity index (χ3v) is 11.5. The summed E-state index contributed by atoms with van der Waals surface area (Å²) in [5, 5.41) is 4.45. The van der Waals surface area contributed by atoms with E-state index < -0.39 is 93.1 Å². The SMILES string of the molecule is CC(C)(C)OC(=O)NC1CCCCCC(F)(F)CC2CC2(C(=O)NS(=O)(=O)C2CC2)NC(=O)C2CC(Oc3cnc4ccccc4n3)CN2C1=O. The molecule has 6 rings (SSSR count). The Morgan fingerprint density at radius 2 is 1.76 bits per heavy atom. The first-order valence-corrected chi connectivity index (χ1v) is 18.9. The molecular formula is C34H44F2N6O8S. The van der Waals surface area contributed by atoms with Crippen LogP contribution in [0, 0.1) is 5.92 Å². The largest absolute Gasteiger partial charge is 0.471 e. The molecule has 4 amide bonds. The van der Waals surface area contributed by atoms with E-state index >= 15 is 8.78 Å². The van der Waals surface area contributed by atoms with Gasteiger partial charge in [0.2, 0.25) is 33.6 Å². The van der Waals surface area contributed by atoms with Crippen LogP contribution in [0.3, 0.4) is 0 Å². The van der Waals surface area contributed by atoms with Gasteiger partial charge < -0.3 is 25.0 Å². The van der Waals surface area contributed by atoms with Crippen molar-refractivity contribution in [2.45, 2.75) is 125 Å². The van der Waals surface area contributed by atoms with E-state index in [4.69, 9.17) is 9.47 Å². The molecule has 3 heterocycles. The van der Waals surface area contributed by atoms with Gasteiger partial charge in [-0.3, -0.25) is 19.1 Å². The molecule has 2 saturated heterocycles. The maximum atomic E-state index is 15.3. The van der Waals surface area contributed by atoms with Gasteiger partial charge in [-0.25, -0.2) is 32.0 Å². The number of nitrogens with one attached hydrogen (secondary N) is 3. The summed E-state index contributed by atoms with van der Waals surface area (Å²) in [7, 11) is -4.06. The van der Waals surface area contributed by atoms with Crippen LogP contribution < -0.4 is 20.1 Å². The minimum atomic E-state index is -4.06. The Morgan fingerprint density at radius 1 is 1.04 bits per heavy atom. The van der Waals surface area contributed by atoms with E-state index in [-0.39, 0.29) is 38.1 Å². The average Bonchev–Trinajstić information content (AvgIpc) is 3.96. The fraction of sp³-hybridized carbons (Fsp3) is 0.647. The first-order valence-electron chi connectivity index (χ1n) is 17.4. The fourth-order valence-electron chi connectivity index (χ4n) is 6.87. The minimum Gasteiger partial charge on any atom is -0.471 e. The molecule has 5 unspecified atom stereocenters. The number of carbonyl (C=O) groups excluding carboxylic acids is 4. The molecule has 51 heavy (non-hydrogen) atoms. The van der Waals surface area contributed by atoms with Crippen molar-refractivity contribution >= 4 is 44.9 Å². The van der Waals surface area contributed by atoms with Crippen molar-refractivity contribution in [2.75, 3.05) is 6.54 Å². The number of amides is 4. The van der Waals surface area contributed by atoms with E-state index in [0.29, 0.717) is 36.7 Å². The number of sulfonamides is 1. The first kappa shape index (κ1) is 36.6. The van der Waals surface area contributed by atoms with E-state index in [2.05, 4.69) is 20.6 Å². The van der Waals surface area contributed by atoms with Gasteiger partial charge in [-0.15, -0.1) is 0 Å². The molecule has 278 valence electrons. The van der Waals surface area contributed by atoms with Gasteiger partial charge in [-0.2, -0.15) is 0 Å². The highest BCUT2D eigenvalue weighted by Gasteiger charge is 2.65. The van der Waals surface area contributed by atoms with Crippen molar-refractivity contribution in [2.24, 2.45) is 5.92 Å². The molecule has 0 spiro atoms. The number of aromatic nitrogens is 2. The Bertz CT molecular complexity index is 1800. The number of alkyl carbamates (subject to hydrolysis) is 1. The molecule has 14 nitrogen and oxygen atoms in total. The second-order valence-electron chi connectivity index (χ2n) is 15.1. The maximum Gasteiger partial charge on any atom is 0.408 e. The summed E-state index contributed by atoms with van der Waals surface area (Å²) < 4.78 is 69.5. The monoisotopic (exact) mass is 734 g/mol. The normalized spacial score (nSPS) is 28.7. The van der Waals surface area contributed by atoms with Crippen LogP contribution in [0.5, 0.6) is 5.88 Å². The predicted octanol–water partition coefficient (Wildman–Crippen LogP) is 3.34. The number of carbonyl (C=O) groups is 4. The van der Waals surface area contributed by atoms with Crippen molar-refractivity contribution in [3.8, 4) is 5.88 Å². The lowest BCUT2D eigenvalue weighted by Gasteiger charge is -2.30. The second-order valence-corrected chi connectivity index (χ2v) is 17.0. The third-order valence-electron chi connectivity index (χ3n) is 9.69. The number of halogens is 2. The van der Waals surface area contributed by atoms with Crippen LogP contribution in [0.4, 0.5) is 13.6 Å². The number of benzene rings is 1. The Balaban J connectivity index is 1.30. The number of hydrogen-bond acceptors (Lipinski definition) is 10. The van der Waals surface area contributed by atoms with Gasteiger partial charge in [0.15, 0.2) is 0 Å². The molecule has 2 aliphatic carbocycles. The Morgan fingerprint density at radius 3 is 2.47 bits per heavy atom. The van der Waals surface area contributed by atoms with Crippen LogP contribution in [0.1, 0.15) is 85.0 Å². The number of hydrogen-bond donors (Lipinski definition) is 3. The minimum absolute atomic E-state index is 0.0792. The Labute approximate surface area is 294 Å². The smallest absolute Gasteiger partial charge is 0.408 e. The molecule has 2 aliphatic heterocycles. The lowest BCUT2D eigenvalue weighted by Crippen LogP contribution is -2.58.